The third kappa shape index (κ3) is 3.81. The molecule has 0 spiro atoms. The van der Waals surface area contributed by atoms with Crippen LogP contribution < -0.4 is 5.32 Å². The second-order valence-electron chi connectivity index (χ2n) is 5.41. The lowest BCUT2D eigenvalue weighted by atomic mass is 10.1. The van der Waals surface area contributed by atoms with E-state index in [2.05, 4.69) is 10.3 Å². The molecule has 1 aliphatic rings. The van der Waals surface area contributed by atoms with Gasteiger partial charge in [0.15, 0.2) is 0 Å². The molecule has 5 nitrogen and oxygen atoms in total. The first kappa shape index (κ1) is 14.9. The number of hydrogen-bond acceptors (Lipinski definition) is 4. The Bertz CT molecular complexity index is 633. The third-order valence-electron chi connectivity index (χ3n) is 3.78. The van der Waals surface area contributed by atoms with E-state index in [-0.39, 0.29) is 18.6 Å². The fraction of sp³-hybridized carbons (Fsp3) is 0.412. The first-order valence-corrected chi connectivity index (χ1v) is 7.61. The van der Waals surface area contributed by atoms with E-state index in [1.54, 1.807) is 6.20 Å². The van der Waals surface area contributed by atoms with Crippen LogP contribution in [0.3, 0.4) is 0 Å². The van der Waals surface area contributed by atoms with Gasteiger partial charge in [-0.25, -0.2) is 0 Å². The molecule has 0 radical (unpaired) electrons. The number of carbonyl (C=O) groups excluding carboxylic acids is 1. The maximum Gasteiger partial charge on any atom is 0.246 e. The Labute approximate surface area is 129 Å². The number of rotatable bonds is 6. The van der Waals surface area contributed by atoms with E-state index in [1.807, 2.05) is 30.3 Å². The predicted molar refractivity (Wildman–Crippen MR) is 83.4 cm³/mol. The van der Waals surface area contributed by atoms with E-state index in [9.17, 15) is 4.79 Å². The van der Waals surface area contributed by atoms with Crippen LogP contribution in [0.4, 0.5) is 0 Å². The van der Waals surface area contributed by atoms with Crippen LogP contribution in [0.2, 0.25) is 0 Å². The molecule has 1 amide bonds. The number of amides is 1. The molecule has 1 aromatic carbocycles. The monoisotopic (exact) mass is 300 g/mol. The number of fused-ring (bicyclic) bond motifs is 1. The smallest absolute Gasteiger partial charge is 0.246 e. The Morgan fingerprint density at radius 3 is 3.14 bits per heavy atom. The van der Waals surface area contributed by atoms with Crippen LogP contribution in [0, 0.1) is 0 Å². The Morgan fingerprint density at radius 1 is 1.36 bits per heavy atom. The predicted octanol–water partition coefficient (Wildman–Crippen LogP) is 2.05. The van der Waals surface area contributed by atoms with E-state index < -0.39 is 0 Å². The minimum atomic E-state index is -0.112. The van der Waals surface area contributed by atoms with E-state index in [0.29, 0.717) is 13.2 Å². The topological polar surface area (TPSA) is 60.5 Å². The van der Waals surface area contributed by atoms with Crippen molar-refractivity contribution in [3.05, 3.63) is 42.1 Å². The Morgan fingerprint density at radius 2 is 2.27 bits per heavy atom. The van der Waals surface area contributed by atoms with Gasteiger partial charge in [-0.1, -0.05) is 18.2 Å². The van der Waals surface area contributed by atoms with Gasteiger partial charge in [0.05, 0.1) is 18.2 Å². The molecule has 0 saturated carbocycles. The average molecular weight is 300 g/mol. The van der Waals surface area contributed by atoms with Gasteiger partial charge in [-0.15, -0.1) is 0 Å². The molecule has 0 aliphatic carbocycles. The number of pyridine rings is 1. The molecule has 22 heavy (non-hydrogen) atoms. The van der Waals surface area contributed by atoms with Crippen molar-refractivity contribution in [3.8, 4) is 0 Å². The summed E-state index contributed by atoms with van der Waals surface area (Å²) >= 11 is 0. The highest BCUT2D eigenvalue weighted by Crippen LogP contribution is 2.15. The largest absolute Gasteiger partial charge is 0.376 e. The molecule has 1 fully saturated rings. The summed E-state index contributed by atoms with van der Waals surface area (Å²) < 4.78 is 10.9. The standard InChI is InChI=1S/C17H20N2O3/c20-17(12-21-11-14-4-3-9-22-14)19-10-13-7-8-18-16-6-2-1-5-15(13)16/h1-2,5-8,14H,3-4,9-12H2,(H,19,20). The van der Waals surface area contributed by atoms with Gasteiger partial charge in [0, 0.05) is 24.7 Å². The summed E-state index contributed by atoms with van der Waals surface area (Å²) in [6.45, 7) is 1.84. The van der Waals surface area contributed by atoms with Gasteiger partial charge in [0.25, 0.3) is 0 Å². The Hall–Kier alpha value is -1.98. The van der Waals surface area contributed by atoms with Crippen molar-refractivity contribution in [1.29, 1.82) is 0 Å². The lowest BCUT2D eigenvalue weighted by molar-refractivity contribution is -0.127. The number of nitrogens with zero attached hydrogens (tertiary/aromatic N) is 1. The molecular formula is C17H20N2O3. The summed E-state index contributed by atoms with van der Waals surface area (Å²) in [6, 6.07) is 9.83. The van der Waals surface area contributed by atoms with Crippen LogP contribution in [0.25, 0.3) is 10.9 Å². The van der Waals surface area contributed by atoms with Crippen molar-refractivity contribution >= 4 is 16.8 Å². The molecule has 1 aromatic heterocycles. The molecule has 1 aliphatic heterocycles. The van der Waals surface area contributed by atoms with Crippen LogP contribution in [-0.4, -0.2) is 36.8 Å². The molecule has 1 saturated heterocycles. The summed E-state index contributed by atoms with van der Waals surface area (Å²) in [7, 11) is 0. The van der Waals surface area contributed by atoms with Gasteiger partial charge in [-0.05, 0) is 30.5 Å². The highest BCUT2D eigenvalue weighted by Gasteiger charge is 2.15. The molecule has 3 rings (SSSR count). The van der Waals surface area contributed by atoms with E-state index in [4.69, 9.17) is 9.47 Å². The molecule has 1 unspecified atom stereocenters. The second kappa shape index (κ2) is 7.33. The van der Waals surface area contributed by atoms with Crippen molar-refractivity contribution in [1.82, 2.24) is 10.3 Å². The van der Waals surface area contributed by atoms with Gasteiger partial charge in [0.2, 0.25) is 5.91 Å². The summed E-state index contributed by atoms with van der Waals surface area (Å²) in [4.78, 5) is 16.1. The quantitative estimate of drug-likeness (QED) is 0.887. The molecular weight excluding hydrogens is 280 g/mol. The highest BCUT2D eigenvalue weighted by molar-refractivity contribution is 5.83. The van der Waals surface area contributed by atoms with Gasteiger partial charge in [-0.3, -0.25) is 9.78 Å². The first-order chi connectivity index (χ1) is 10.8. The van der Waals surface area contributed by atoms with Crippen LogP contribution in [0.5, 0.6) is 0 Å². The minimum absolute atomic E-state index is 0.0723. The SMILES string of the molecule is O=C(COCC1CCCO1)NCc1ccnc2ccccc12. The van der Waals surface area contributed by atoms with Crippen molar-refractivity contribution < 1.29 is 14.3 Å². The Balaban J connectivity index is 1.47. The molecule has 5 heteroatoms. The highest BCUT2D eigenvalue weighted by atomic mass is 16.5. The van der Waals surface area contributed by atoms with Gasteiger partial charge < -0.3 is 14.8 Å². The molecule has 2 heterocycles. The van der Waals surface area contributed by atoms with Crippen LogP contribution in [0.1, 0.15) is 18.4 Å². The number of benzene rings is 1. The van der Waals surface area contributed by atoms with E-state index >= 15 is 0 Å². The average Bonchev–Trinajstić information content (AvgIpc) is 3.06. The summed E-state index contributed by atoms with van der Waals surface area (Å²) in [6.07, 6.45) is 4.01. The van der Waals surface area contributed by atoms with Gasteiger partial charge in [-0.2, -0.15) is 0 Å². The van der Waals surface area contributed by atoms with Crippen molar-refractivity contribution in [2.75, 3.05) is 19.8 Å². The van der Waals surface area contributed by atoms with Gasteiger partial charge in [0.1, 0.15) is 6.61 Å². The second-order valence-corrected chi connectivity index (χ2v) is 5.41. The fourth-order valence-corrected chi connectivity index (χ4v) is 2.61. The van der Waals surface area contributed by atoms with Crippen LogP contribution in [0.15, 0.2) is 36.5 Å². The zero-order chi connectivity index (χ0) is 15.2. The van der Waals surface area contributed by atoms with Gasteiger partial charge >= 0.3 is 0 Å². The Kier molecular flexibility index (Phi) is 4.98. The summed E-state index contributed by atoms with van der Waals surface area (Å²) in [5, 5.41) is 3.94. The molecule has 116 valence electrons. The molecule has 1 atom stereocenters. The van der Waals surface area contributed by atoms with Crippen LogP contribution in [-0.2, 0) is 20.8 Å². The number of nitrogens with one attached hydrogen (secondary N) is 1. The van der Waals surface area contributed by atoms with Crippen molar-refractivity contribution in [2.45, 2.75) is 25.5 Å². The normalized spacial score (nSPS) is 17.7. The molecule has 0 bridgehead atoms. The van der Waals surface area contributed by atoms with E-state index in [0.717, 1.165) is 35.9 Å². The minimum Gasteiger partial charge on any atom is -0.376 e. The number of aromatic nitrogens is 1. The zero-order valence-electron chi connectivity index (χ0n) is 12.5. The zero-order valence-corrected chi connectivity index (χ0v) is 12.5. The summed E-state index contributed by atoms with van der Waals surface area (Å²) in [5.74, 6) is -0.112. The lowest BCUT2D eigenvalue weighted by Crippen LogP contribution is -2.28. The maximum absolute atomic E-state index is 11.8. The molecule has 1 N–H and O–H groups in total. The van der Waals surface area contributed by atoms with Crippen molar-refractivity contribution in [2.24, 2.45) is 0 Å². The third-order valence-corrected chi connectivity index (χ3v) is 3.78. The molecule has 2 aromatic rings. The number of ether oxygens (including phenoxy) is 2. The number of hydrogen-bond donors (Lipinski definition) is 1. The lowest BCUT2D eigenvalue weighted by Gasteiger charge is -2.11. The maximum atomic E-state index is 11.8. The summed E-state index contributed by atoms with van der Waals surface area (Å²) in [5.41, 5.74) is 1.99. The van der Waals surface area contributed by atoms with Crippen LogP contribution >= 0.6 is 0 Å². The van der Waals surface area contributed by atoms with Crippen molar-refractivity contribution in [3.63, 3.8) is 0 Å². The number of carbonyl (C=O) groups is 1. The van der Waals surface area contributed by atoms with E-state index in [1.165, 1.54) is 0 Å². The first-order valence-electron chi connectivity index (χ1n) is 7.61. The fourth-order valence-electron chi connectivity index (χ4n) is 2.61. The number of para-hydroxylation sites is 1.